The van der Waals surface area contributed by atoms with Crippen LogP contribution in [0, 0.1) is 12.8 Å². The van der Waals surface area contributed by atoms with Crippen molar-refractivity contribution in [1.29, 1.82) is 0 Å². The van der Waals surface area contributed by atoms with Crippen LogP contribution in [0.5, 0.6) is 0 Å². The van der Waals surface area contributed by atoms with Crippen molar-refractivity contribution in [2.75, 3.05) is 11.9 Å². The van der Waals surface area contributed by atoms with E-state index in [0.717, 1.165) is 36.4 Å². The van der Waals surface area contributed by atoms with E-state index in [4.69, 9.17) is 11.6 Å². The summed E-state index contributed by atoms with van der Waals surface area (Å²) in [6.45, 7) is 2.97. The van der Waals surface area contributed by atoms with E-state index >= 15 is 0 Å². The minimum Gasteiger partial charge on any atom is -0.368 e. The normalized spacial score (nSPS) is 23.7. The summed E-state index contributed by atoms with van der Waals surface area (Å²) in [5.41, 5.74) is 2.06. The number of aromatic nitrogens is 3. The first kappa shape index (κ1) is 12.7. The molecule has 1 aliphatic carbocycles. The van der Waals surface area contributed by atoms with Gasteiger partial charge >= 0.3 is 0 Å². The summed E-state index contributed by atoms with van der Waals surface area (Å²) in [5.74, 6) is 1.64. The molecule has 0 unspecified atom stereocenters. The van der Waals surface area contributed by atoms with E-state index in [2.05, 4.69) is 21.5 Å². The van der Waals surface area contributed by atoms with Crippen molar-refractivity contribution in [2.24, 2.45) is 5.92 Å². The average molecular weight is 279 g/mol. The Morgan fingerprint density at radius 3 is 2.95 bits per heavy atom. The second-order valence-corrected chi connectivity index (χ2v) is 6.01. The van der Waals surface area contributed by atoms with Gasteiger partial charge in [0.2, 0.25) is 0 Å². The van der Waals surface area contributed by atoms with Crippen molar-refractivity contribution in [3.8, 4) is 0 Å². The molecule has 0 bridgehead atoms. The first-order valence-corrected chi connectivity index (χ1v) is 7.35. The second-order valence-electron chi connectivity index (χ2n) is 5.39. The fourth-order valence-electron chi connectivity index (χ4n) is 2.75. The van der Waals surface area contributed by atoms with Gasteiger partial charge < -0.3 is 5.32 Å². The van der Waals surface area contributed by atoms with E-state index in [0.29, 0.717) is 11.3 Å². The molecule has 102 valence electrons. The van der Waals surface area contributed by atoms with Crippen LogP contribution in [0.15, 0.2) is 18.5 Å². The summed E-state index contributed by atoms with van der Waals surface area (Å²) in [6, 6.07) is 2.06. The summed E-state index contributed by atoms with van der Waals surface area (Å²) in [5, 5.41) is 8.25. The van der Waals surface area contributed by atoms with E-state index in [1.165, 1.54) is 12.8 Å². The molecule has 0 amide bonds. The zero-order valence-corrected chi connectivity index (χ0v) is 11.9. The van der Waals surface area contributed by atoms with Crippen molar-refractivity contribution < 1.29 is 0 Å². The minimum absolute atomic E-state index is 0.385. The van der Waals surface area contributed by atoms with Crippen LogP contribution in [-0.4, -0.2) is 26.5 Å². The van der Waals surface area contributed by atoms with Crippen LogP contribution in [-0.2, 0) is 0 Å². The lowest BCUT2D eigenvalue weighted by molar-refractivity contribution is 0.377. The molecule has 4 nitrogen and oxygen atoms in total. The zero-order chi connectivity index (χ0) is 13.2. The fraction of sp³-hybridized carbons (Fsp3) is 0.571. The van der Waals surface area contributed by atoms with Crippen LogP contribution in [0.1, 0.15) is 31.4 Å². The number of rotatable bonds is 3. The monoisotopic (exact) mass is 278 g/mol. The van der Waals surface area contributed by atoms with Gasteiger partial charge in [-0.1, -0.05) is 0 Å². The van der Waals surface area contributed by atoms with E-state index < -0.39 is 0 Å². The van der Waals surface area contributed by atoms with Crippen LogP contribution in [0.4, 0.5) is 5.82 Å². The third-order valence-corrected chi connectivity index (χ3v) is 4.28. The first-order valence-electron chi connectivity index (χ1n) is 6.91. The van der Waals surface area contributed by atoms with Crippen molar-refractivity contribution in [1.82, 2.24) is 14.6 Å². The predicted molar refractivity (Wildman–Crippen MR) is 77.8 cm³/mol. The van der Waals surface area contributed by atoms with Crippen LogP contribution in [0.25, 0.3) is 5.52 Å². The van der Waals surface area contributed by atoms with Gasteiger partial charge in [-0.15, -0.1) is 11.6 Å². The second kappa shape index (κ2) is 5.37. The van der Waals surface area contributed by atoms with Gasteiger partial charge in [-0.25, -0.2) is 9.50 Å². The van der Waals surface area contributed by atoms with Crippen molar-refractivity contribution >= 4 is 22.9 Å². The fourth-order valence-corrected chi connectivity index (χ4v) is 3.00. The Hall–Kier alpha value is -1.29. The first-order chi connectivity index (χ1) is 9.22. The van der Waals surface area contributed by atoms with Gasteiger partial charge in [-0.05, 0) is 44.6 Å². The molecule has 1 N–H and O–H groups in total. The molecule has 2 heterocycles. The Labute approximate surface area is 118 Å². The maximum absolute atomic E-state index is 6.14. The summed E-state index contributed by atoms with van der Waals surface area (Å²) in [7, 11) is 0. The average Bonchev–Trinajstić information content (AvgIpc) is 2.79. The Balaban J connectivity index is 1.68. The highest BCUT2D eigenvalue weighted by molar-refractivity contribution is 6.20. The maximum Gasteiger partial charge on any atom is 0.152 e. The molecule has 0 aliphatic heterocycles. The Morgan fingerprint density at radius 1 is 1.37 bits per heavy atom. The van der Waals surface area contributed by atoms with Gasteiger partial charge in [-0.3, -0.25) is 0 Å². The van der Waals surface area contributed by atoms with Crippen LogP contribution in [0.3, 0.4) is 0 Å². The van der Waals surface area contributed by atoms with E-state index in [1.807, 2.05) is 17.6 Å². The summed E-state index contributed by atoms with van der Waals surface area (Å²) >= 11 is 6.14. The SMILES string of the molecule is Cc1cc2c(NCC3CCC(Cl)CC3)nccn2n1. The largest absolute Gasteiger partial charge is 0.368 e. The van der Waals surface area contributed by atoms with E-state index in [-0.39, 0.29) is 0 Å². The number of aryl methyl sites for hydroxylation is 1. The number of anilines is 1. The molecule has 1 fully saturated rings. The number of nitrogens with zero attached hydrogens (tertiary/aromatic N) is 3. The summed E-state index contributed by atoms with van der Waals surface area (Å²) < 4.78 is 1.88. The van der Waals surface area contributed by atoms with Gasteiger partial charge in [0, 0.05) is 24.3 Å². The molecule has 0 aromatic carbocycles. The van der Waals surface area contributed by atoms with Gasteiger partial charge in [0.25, 0.3) is 0 Å². The third kappa shape index (κ3) is 2.84. The van der Waals surface area contributed by atoms with Crippen LogP contribution >= 0.6 is 11.6 Å². The highest BCUT2D eigenvalue weighted by Crippen LogP contribution is 2.28. The maximum atomic E-state index is 6.14. The number of nitrogens with one attached hydrogen (secondary N) is 1. The molecule has 5 heteroatoms. The van der Waals surface area contributed by atoms with Gasteiger partial charge in [-0.2, -0.15) is 5.10 Å². The lowest BCUT2D eigenvalue weighted by Gasteiger charge is -2.25. The topological polar surface area (TPSA) is 42.2 Å². The molecule has 3 rings (SSSR count). The highest BCUT2D eigenvalue weighted by Gasteiger charge is 2.19. The molecule has 0 atom stereocenters. The Bertz CT molecular complexity index is 558. The van der Waals surface area contributed by atoms with Crippen LogP contribution < -0.4 is 5.32 Å². The van der Waals surface area contributed by atoms with Crippen molar-refractivity contribution in [3.63, 3.8) is 0 Å². The molecule has 2 aromatic rings. The molecule has 19 heavy (non-hydrogen) atoms. The molecule has 0 saturated heterocycles. The number of hydrogen-bond donors (Lipinski definition) is 1. The third-order valence-electron chi connectivity index (χ3n) is 3.85. The number of halogens is 1. The summed E-state index contributed by atoms with van der Waals surface area (Å²) in [6.07, 6.45) is 8.36. The lowest BCUT2D eigenvalue weighted by atomic mass is 9.89. The quantitative estimate of drug-likeness (QED) is 0.877. The molecular weight excluding hydrogens is 260 g/mol. The van der Waals surface area contributed by atoms with E-state index in [1.54, 1.807) is 6.20 Å². The number of hydrogen-bond acceptors (Lipinski definition) is 3. The van der Waals surface area contributed by atoms with E-state index in [9.17, 15) is 0 Å². The lowest BCUT2D eigenvalue weighted by Crippen LogP contribution is -2.21. The number of fused-ring (bicyclic) bond motifs is 1. The van der Waals surface area contributed by atoms with Crippen molar-refractivity contribution in [3.05, 3.63) is 24.2 Å². The van der Waals surface area contributed by atoms with Crippen molar-refractivity contribution in [2.45, 2.75) is 38.0 Å². The molecule has 1 saturated carbocycles. The number of alkyl halides is 1. The molecule has 0 spiro atoms. The molecule has 2 aromatic heterocycles. The molecule has 0 radical (unpaired) electrons. The molecular formula is C14H19ClN4. The van der Waals surface area contributed by atoms with Gasteiger partial charge in [0.05, 0.1) is 5.69 Å². The highest BCUT2D eigenvalue weighted by atomic mass is 35.5. The Kier molecular flexibility index (Phi) is 3.60. The zero-order valence-electron chi connectivity index (χ0n) is 11.1. The standard InChI is InChI=1S/C14H19ClN4/c1-10-8-13-14(16-6-7-19(13)18-10)17-9-11-2-4-12(15)5-3-11/h6-8,11-12H,2-5,9H2,1H3,(H,16,17). The minimum atomic E-state index is 0.385. The smallest absolute Gasteiger partial charge is 0.152 e. The predicted octanol–water partition coefficient (Wildman–Crippen LogP) is 3.25. The van der Waals surface area contributed by atoms with Crippen LogP contribution in [0.2, 0.25) is 0 Å². The summed E-state index contributed by atoms with van der Waals surface area (Å²) in [4.78, 5) is 4.42. The van der Waals surface area contributed by atoms with Gasteiger partial charge in [0.15, 0.2) is 5.82 Å². The van der Waals surface area contributed by atoms with Gasteiger partial charge in [0.1, 0.15) is 5.52 Å². The molecule has 1 aliphatic rings. The Morgan fingerprint density at radius 2 is 2.16 bits per heavy atom.